The highest BCUT2D eigenvalue weighted by Gasteiger charge is 2.24. The number of benzene rings is 1. The molecule has 1 aliphatic rings. The number of rotatable bonds is 5. The summed E-state index contributed by atoms with van der Waals surface area (Å²) in [5, 5.41) is 13.0. The van der Waals surface area contributed by atoms with Gasteiger partial charge in [-0.05, 0) is 48.8 Å². The van der Waals surface area contributed by atoms with Crippen LogP contribution in [0.3, 0.4) is 0 Å². The van der Waals surface area contributed by atoms with E-state index in [0.717, 1.165) is 42.6 Å². The normalized spacial score (nSPS) is 16.0. The van der Waals surface area contributed by atoms with Crippen molar-refractivity contribution in [3.63, 3.8) is 0 Å². The fourth-order valence-electron chi connectivity index (χ4n) is 3.20. The van der Waals surface area contributed by atoms with Crippen LogP contribution in [0.25, 0.3) is 0 Å². The van der Waals surface area contributed by atoms with Crippen LogP contribution in [-0.2, 0) is 24.1 Å². The Hall–Kier alpha value is -2.32. The lowest BCUT2D eigenvalue weighted by atomic mass is 9.89. The number of para-hydroxylation sites is 1. The van der Waals surface area contributed by atoms with Gasteiger partial charge in [0.1, 0.15) is 16.8 Å². The molecule has 1 heterocycles. The minimum absolute atomic E-state index is 0.0547. The van der Waals surface area contributed by atoms with Crippen LogP contribution in [0.5, 0.6) is 5.75 Å². The van der Waals surface area contributed by atoms with Crippen LogP contribution in [0.4, 0.5) is 5.00 Å². The van der Waals surface area contributed by atoms with E-state index < -0.39 is 0 Å². The lowest BCUT2D eigenvalue weighted by Gasteiger charge is -2.17. The van der Waals surface area contributed by atoms with Gasteiger partial charge in [0.05, 0.1) is 5.56 Å². The first kappa shape index (κ1) is 17.5. The number of thiophene rings is 1. The molecule has 1 aromatic carbocycles. The lowest BCUT2D eigenvalue weighted by molar-refractivity contribution is -0.118. The molecule has 5 heteroatoms. The van der Waals surface area contributed by atoms with Crippen molar-refractivity contribution in [2.75, 3.05) is 11.9 Å². The number of carbonyl (C=O) groups is 1. The van der Waals surface area contributed by atoms with E-state index in [2.05, 4.69) is 25.2 Å². The van der Waals surface area contributed by atoms with Crippen molar-refractivity contribution in [2.24, 2.45) is 5.92 Å². The average Bonchev–Trinajstić information content (AvgIpc) is 2.95. The molecule has 1 N–H and O–H groups in total. The quantitative estimate of drug-likeness (QED) is 0.869. The minimum Gasteiger partial charge on any atom is -0.483 e. The number of carbonyl (C=O) groups excluding carboxylic acids is 1. The van der Waals surface area contributed by atoms with Crippen molar-refractivity contribution in [3.8, 4) is 11.8 Å². The highest BCUT2D eigenvalue weighted by Crippen LogP contribution is 2.39. The number of hydrogen-bond acceptors (Lipinski definition) is 4. The van der Waals surface area contributed by atoms with E-state index >= 15 is 0 Å². The Morgan fingerprint density at radius 1 is 1.44 bits per heavy atom. The Bertz CT molecular complexity index is 820. The number of nitriles is 1. The van der Waals surface area contributed by atoms with Gasteiger partial charge in [-0.25, -0.2) is 0 Å². The summed E-state index contributed by atoms with van der Waals surface area (Å²) in [6, 6.07) is 10.00. The second-order valence-corrected chi connectivity index (χ2v) is 7.57. The number of ether oxygens (including phenoxy) is 1. The summed E-state index contributed by atoms with van der Waals surface area (Å²) in [5.41, 5.74) is 2.83. The Labute approximate surface area is 152 Å². The van der Waals surface area contributed by atoms with E-state index in [4.69, 9.17) is 4.74 Å². The molecule has 4 nitrogen and oxygen atoms in total. The highest BCUT2D eigenvalue weighted by atomic mass is 32.1. The summed E-state index contributed by atoms with van der Waals surface area (Å²) in [6.07, 6.45) is 3.87. The molecule has 130 valence electrons. The number of nitrogens with one attached hydrogen (secondary N) is 1. The molecule has 0 bridgehead atoms. The molecule has 1 atom stereocenters. The second-order valence-electron chi connectivity index (χ2n) is 6.47. The smallest absolute Gasteiger partial charge is 0.262 e. The maximum Gasteiger partial charge on any atom is 0.262 e. The Morgan fingerprint density at radius 2 is 2.24 bits per heavy atom. The predicted octanol–water partition coefficient (Wildman–Crippen LogP) is 4.32. The summed E-state index contributed by atoms with van der Waals surface area (Å²) in [4.78, 5) is 13.5. The van der Waals surface area contributed by atoms with Crippen molar-refractivity contribution in [1.82, 2.24) is 0 Å². The van der Waals surface area contributed by atoms with E-state index in [1.165, 1.54) is 16.2 Å². The van der Waals surface area contributed by atoms with E-state index in [1.807, 2.05) is 24.3 Å². The Morgan fingerprint density at radius 3 is 3.00 bits per heavy atom. The van der Waals surface area contributed by atoms with Crippen LogP contribution in [-0.4, -0.2) is 12.5 Å². The molecule has 1 aromatic heterocycles. The molecule has 0 spiro atoms. The molecule has 1 aliphatic carbocycles. The van der Waals surface area contributed by atoms with Gasteiger partial charge in [0.15, 0.2) is 6.61 Å². The van der Waals surface area contributed by atoms with Gasteiger partial charge in [-0.15, -0.1) is 11.3 Å². The Kier molecular flexibility index (Phi) is 5.40. The first-order chi connectivity index (χ1) is 12.1. The molecule has 0 radical (unpaired) electrons. The van der Waals surface area contributed by atoms with Crippen LogP contribution in [0.15, 0.2) is 24.3 Å². The largest absolute Gasteiger partial charge is 0.483 e. The molecule has 25 heavy (non-hydrogen) atoms. The van der Waals surface area contributed by atoms with Crippen LogP contribution >= 0.6 is 11.3 Å². The fraction of sp³-hybridized carbons (Fsp3) is 0.400. The highest BCUT2D eigenvalue weighted by molar-refractivity contribution is 7.16. The first-order valence-electron chi connectivity index (χ1n) is 8.67. The van der Waals surface area contributed by atoms with Gasteiger partial charge in [-0.3, -0.25) is 4.79 Å². The summed E-state index contributed by atoms with van der Waals surface area (Å²) >= 11 is 1.54. The topological polar surface area (TPSA) is 62.1 Å². The molecular formula is C20H22N2O2S. The van der Waals surface area contributed by atoms with Crippen LogP contribution in [0.1, 0.15) is 41.8 Å². The van der Waals surface area contributed by atoms with Crippen molar-refractivity contribution in [2.45, 2.75) is 39.5 Å². The molecule has 0 saturated carbocycles. The zero-order chi connectivity index (χ0) is 17.8. The summed E-state index contributed by atoms with van der Waals surface area (Å²) < 4.78 is 5.66. The molecule has 1 amide bonds. The SMILES string of the molecule is CCc1ccccc1OCC(=O)Nc1sc2c(c1C#N)CCC(C)C2. The third kappa shape index (κ3) is 3.85. The fourth-order valence-corrected chi connectivity index (χ4v) is 4.58. The number of amides is 1. The molecule has 0 fully saturated rings. The average molecular weight is 354 g/mol. The minimum atomic E-state index is -0.228. The number of aryl methyl sites for hydroxylation is 1. The summed E-state index contributed by atoms with van der Waals surface area (Å²) in [6.45, 7) is 4.23. The molecule has 0 aliphatic heterocycles. The third-order valence-corrected chi connectivity index (χ3v) is 5.76. The molecular weight excluding hydrogens is 332 g/mol. The number of nitrogens with zero attached hydrogens (tertiary/aromatic N) is 1. The second kappa shape index (κ2) is 7.71. The lowest BCUT2D eigenvalue weighted by Crippen LogP contribution is -2.20. The molecule has 0 saturated heterocycles. The van der Waals surface area contributed by atoms with Crippen LogP contribution < -0.4 is 10.1 Å². The van der Waals surface area contributed by atoms with Gasteiger partial charge < -0.3 is 10.1 Å². The zero-order valence-corrected chi connectivity index (χ0v) is 15.4. The van der Waals surface area contributed by atoms with E-state index in [-0.39, 0.29) is 12.5 Å². The number of anilines is 1. The van der Waals surface area contributed by atoms with Gasteiger partial charge in [0.25, 0.3) is 5.91 Å². The number of hydrogen-bond donors (Lipinski definition) is 1. The van der Waals surface area contributed by atoms with Gasteiger partial charge in [0.2, 0.25) is 0 Å². The molecule has 3 rings (SSSR count). The van der Waals surface area contributed by atoms with Crippen molar-refractivity contribution in [3.05, 3.63) is 45.8 Å². The standard InChI is InChI=1S/C20H22N2O2S/c1-3-14-6-4-5-7-17(14)24-12-19(23)22-20-16(11-21)15-9-8-13(2)10-18(15)25-20/h4-7,13H,3,8-10,12H2,1-2H3,(H,22,23). The van der Waals surface area contributed by atoms with Crippen molar-refractivity contribution < 1.29 is 9.53 Å². The van der Waals surface area contributed by atoms with Crippen LogP contribution in [0, 0.1) is 17.2 Å². The van der Waals surface area contributed by atoms with Gasteiger partial charge in [-0.2, -0.15) is 5.26 Å². The third-order valence-electron chi connectivity index (χ3n) is 4.59. The van der Waals surface area contributed by atoms with Crippen molar-refractivity contribution in [1.29, 1.82) is 5.26 Å². The maximum atomic E-state index is 12.3. The summed E-state index contributed by atoms with van der Waals surface area (Å²) in [7, 11) is 0. The molecule has 1 unspecified atom stereocenters. The van der Waals surface area contributed by atoms with Crippen molar-refractivity contribution >= 4 is 22.2 Å². The first-order valence-corrected chi connectivity index (χ1v) is 9.49. The van der Waals surface area contributed by atoms with E-state index in [1.54, 1.807) is 0 Å². The number of fused-ring (bicyclic) bond motifs is 1. The molecule has 2 aromatic rings. The maximum absolute atomic E-state index is 12.3. The van der Waals surface area contributed by atoms with Gasteiger partial charge >= 0.3 is 0 Å². The van der Waals surface area contributed by atoms with E-state index in [0.29, 0.717) is 16.5 Å². The predicted molar refractivity (Wildman–Crippen MR) is 100 cm³/mol. The van der Waals surface area contributed by atoms with Gasteiger partial charge in [0, 0.05) is 4.88 Å². The monoisotopic (exact) mass is 354 g/mol. The Balaban J connectivity index is 1.68. The van der Waals surface area contributed by atoms with Gasteiger partial charge in [-0.1, -0.05) is 32.0 Å². The van der Waals surface area contributed by atoms with E-state index in [9.17, 15) is 10.1 Å². The zero-order valence-electron chi connectivity index (χ0n) is 14.6. The summed E-state index contributed by atoms with van der Waals surface area (Å²) in [5.74, 6) is 1.14. The van der Waals surface area contributed by atoms with Crippen LogP contribution in [0.2, 0.25) is 0 Å².